The zero-order valence-electron chi connectivity index (χ0n) is 6.42. The SMILES string of the molecule is CCNC(=O)C1CCC(=O)O1. The van der Waals surface area contributed by atoms with Gasteiger partial charge >= 0.3 is 5.97 Å². The summed E-state index contributed by atoms with van der Waals surface area (Å²) >= 11 is 0. The molecule has 1 aliphatic rings. The highest BCUT2D eigenvalue weighted by atomic mass is 16.6. The van der Waals surface area contributed by atoms with E-state index in [1.807, 2.05) is 6.92 Å². The van der Waals surface area contributed by atoms with E-state index in [4.69, 9.17) is 4.74 Å². The molecule has 1 amide bonds. The average Bonchev–Trinajstić information content (AvgIpc) is 2.36. The summed E-state index contributed by atoms with van der Waals surface area (Å²) in [4.78, 5) is 21.6. The fourth-order valence-corrected chi connectivity index (χ4v) is 0.998. The van der Waals surface area contributed by atoms with Crippen LogP contribution in [0.1, 0.15) is 19.8 Å². The molecule has 1 atom stereocenters. The van der Waals surface area contributed by atoms with Gasteiger partial charge in [0.15, 0.2) is 6.10 Å². The lowest BCUT2D eigenvalue weighted by molar-refractivity contribution is -0.148. The first-order valence-corrected chi connectivity index (χ1v) is 3.71. The van der Waals surface area contributed by atoms with Crippen molar-refractivity contribution in [2.75, 3.05) is 6.54 Å². The first kappa shape index (κ1) is 8.04. The van der Waals surface area contributed by atoms with Gasteiger partial charge in [0.2, 0.25) is 0 Å². The van der Waals surface area contributed by atoms with E-state index in [1.54, 1.807) is 0 Å². The standard InChI is InChI=1S/C7H11NO3/c1-2-8-7(10)5-3-4-6(9)11-5/h5H,2-4H2,1H3,(H,8,10). The smallest absolute Gasteiger partial charge is 0.306 e. The third-order valence-corrected chi connectivity index (χ3v) is 1.53. The van der Waals surface area contributed by atoms with Crippen LogP contribution in [0.25, 0.3) is 0 Å². The predicted molar refractivity (Wildman–Crippen MR) is 37.8 cm³/mol. The molecule has 4 heteroatoms. The molecule has 11 heavy (non-hydrogen) atoms. The number of carbonyl (C=O) groups is 2. The molecule has 1 aliphatic heterocycles. The van der Waals surface area contributed by atoms with Crippen LogP contribution in [0.4, 0.5) is 0 Å². The Labute approximate surface area is 64.9 Å². The second kappa shape index (κ2) is 3.37. The Morgan fingerprint density at radius 2 is 2.55 bits per heavy atom. The predicted octanol–water partition coefficient (Wildman–Crippen LogP) is -0.172. The molecule has 1 saturated heterocycles. The Hall–Kier alpha value is -1.06. The van der Waals surface area contributed by atoms with Gasteiger partial charge in [0.25, 0.3) is 5.91 Å². The van der Waals surface area contributed by atoms with Crippen LogP contribution in [0.2, 0.25) is 0 Å². The maximum Gasteiger partial charge on any atom is 0.306 e. The maximum absolute atomic E-state index is 11.0. The fraction of sp³-hybridized carbons (Fsp3) is 0.714. The van der Waals surface area contributed by atoms with Crippen LogP contribution in [0.3, 0.4) is 0 Å². The summed E-state index contributed by atoms with van der Waals surface area (Å²) in [6, 6.07) is 0. The number of esters is 1. The third kappa shape index (κ3) is 1.93. The van der Waals surface area contributed by atoms with Gasteiger partial charge in [-0.1, -0.05) is 0 Å². The van der Waals surface area contributed by atoms with E-state index in [0.29, 0.717) is 19.4 Å². The largest absolute Gasteiger partial charge is 0.452 e. The number of cyclic esters (lactones) is 1. The van der Waals surface area contributed by atoms with E-state index in [-0.39, 0.29) is 11.9 Å². The lowest BCUT2D eigenvalue weighted by Gasteiger charge is -2.07. The molecule has 0 radical (unpaired) electrons. The third-order valence-electron chi connectivity index (χ3n) is 1.53. The molecule has 4 nitrogen and oxygen atoms in total. The molecule has 62 valence electrons. The molecule has 0 aliphatic carbocycles. The minimum atomic E-state index is -0.539. The van der Waals surface area contributed by atoms with Crippen molar-refractivity contribution in [1.29, 1.82) is 0 Å². The van der Waals surface area contributed by atoms with Crippen molar-refractivity contribution in [2.24, 2.45) is 0 Å². The number of rotatable bonds is 2. The monoisotopic (exact) mass is 157 g/mol. The Morgan fingerprint density at radius 3 is 3.00 bits per heavy atom. The van der Waals surface area contributed by atoms with Crippen LogP contribution in [0, 0.1) is 0 Å². The van der Waals surface area contributed by atoms with Crippen molar-refractivity contribution >= 4 is 11.9 Å². The average molecular weight is 157 g/mol. The summed E-state index contributed by atoms with van der Waals surface area (Å²) in [5.74, 6) is -0.459. The van der Waals surface area contributed by atoms with Crippen molar-refractivity contribution < 1.29 is 14.3 Å². The summed E-state index contributed by atoms with van der Waals surface area (Å²) in [5.41, 5.74) is 0. The first-order chi connectivity index (χ1) is 5.24. The summed E-state index contributed by atoms with van der Waals surface area (Å²) in [6.07, 6.45) is 0.342. The first-order valence-electron chi connectivity index (χ1n) is 3.71. The molecule has 0 spiro atoms. The van der Waals surface area contributed by atoms with Gasteiger partial charge in [-0.15, -0.1) is 0 Å². The van der Waals surface area contributed by atoms with Gasteiger partial charge in [0.1, 0.15) is 0 Å². The maximum atomic E-state index is 11.0. The zero-order valence-corrected chi connectivity index (χ0v) is 6.42. The lowest BCUT2D eigenvalue weighted by Crippen LogP contribution is -2.34. The molecule has 0 aromatic heterocycles. The van der Waals surface area contributed by atoms with Gasteiger partial charge < -0.3 is 10.1 Å². The molecule has 0 aromatic rings. The van der Waals surface area contributed by atoms with Gasteiger partial charge in [-0.05, 0) is 6.92 Å². The van der Waals surface area contributed by atoms with Gasteiger partial charge in [-0.3, -0.25) is 9.59 Å². The van der Waals surface area contributed by atoms with Crippen molar-refractivity contribution in [1.82, 2.24) is 5.32 Å². The van der Waals surface area contributed by atoms with E-state index in [1.165, 1.54) is 0 Å². The van der Waals surface area contributed by atoms with Gasteiger partial charge in [0, 0.05) is 19.4 Å². The Kier molecular flexibility index (Phi) is 2.46. The second-order valence-corrected chi connectivity index (χ2v) is 2.41. The van der Waals surface area contributed by atoms with Crippen LogP contribution in [0.15, 0.2) is 0 Å². The second-order valence-electron chi connectivity index (χ2n) is 2.41. The summed E-state index contributed by atoms with van der Waals surface area (Å²) in [6.45, 7) is 2.40. The Bertz CT molecular complexity index is 179. The van der Waals surface area contributed by atoms with Crippen LogP contribution < -0.4 is 5.32 Å². The number of ether oxygens (including phenoxy) is 1. The van der Waals surface area contributed by atoms with Crippen LogP contribution in [0.5, 0.6) is 0 Å². The quantitative estimate of drug-likeness (QED) is 0.566. The molecule has 0 bridgehead atoms. The normalized spacial score (nSPS) is 23.0. The molecular formula is C7H11NO3. The topological polar surface area (TPSA) is 55.4 Å². The van der Waals surface area contributed by atoms with Crippen molar-refractivity contribution in [3.63, 3.8) is 0 Å². The van der Waals surface area contributed by atoms with Gasteiger partial charge in [-0.2, -0.15) is 0 Å². The highest BCUT2D eigenvalue weighted by molar-refractivity contribution is 5.86. The molecule has 1 heterocycles. The lowest BCUT2D eigenvalue weighted by atomic mass is 10.2. The summed E-state index contributed by atoms with van der Waals surface area (Å²) in [7, 11) is 0. The number of hydrogen-bond donors (Lipinski definition) is 1. The molecule has 1 rings (SSSR count). The minimum absolute atomic E-state index is 0.182. The molecule has 1 N–H and O–H groups in total. The summed E-state index contributed by atoms with van der Waals surface area (Å²) < 4.78 is 4.72. The van der Waals surface area contributed by atoms with Crippen LogP contribution >= 0.6 is 0 Å². The highest BCUT2D eigenvalue weighted by Gasteiger charge is 2.28. The van der Waals surface area contributed by atoms with E-state index in [0.717, 1.165) is 0 Å². The molecule has 0 aromatic carbocycles. The molecule has 0 saturated carbocycles. The van der Waals surface area contributed by atoms with Crippen LogP contribution in [-0.4, -0.2) is 24.5 Å². The fourth-order valence-electron chi connectivity index (χ4n) is 0.998. The zero-order chi connectivity index (χ0) is 8.27. The number of carbonyl (C=O) groups excluding carboxylic acids is 2. The summed E-state index contributed by atoms with van der Waals surface area (Å²) in [5, 5.41) is 2.59. The van der Waals surface area contributed by atoms with Crippen LogP contribution in [-0.2, 0) is 14.3 Å². The highest BCUT2D eigenvalue weighted by Crippen LogP contribution is 2.13. The Morgan fingerprint density at radius 1 is 1.82 bits per heavy atom. The van der Waals surface area contributed by atoms with Crippen molar-refractivity contribution in [2.45, 2.75) is 25.9 Å². The molecular weight excluding hydrogens is 146 g/mol. The van der Waals surface area contributed by atoms with Crippen molar-refractivity contribution in [3.8, 4) is 0 Å². The number of hydrogen-bond acceptors (Lipinski definition) is 3. The molecule has 1 unspecified atom stereocenters. The van der Waals surface area contributed by atoms with Gasteiger partial charge in [0.05, 0.1) is 0 Å². The van der Waals surface area contributed by atoms with E-state index >= 15 is 0 Å². The minimum Gasteiger partial charge on any atom is -0.452 e. The van der Waals surface area contributed by atoms with Gasteiger partial charge in [-0.25, -0.2) is 0 Å². The van der Waals surface area contributed by atoms with Crippen molar-refractivity contribution in [3.05, 3.63) is 0 Å². The Balaban J connectivity index is 2.37. The van der Waals surface area contributed by atoms with E-state index < -0.39 is 6.10 Å². The number of likely N-dealkylation sites (N-methyl/N-ethyl adjacent to an activating group) is 1. The number of nitrogens with one attached hydrogen (secondary N) is 1. The van der Waals surface area contributed by atoms with E-state index in [9.17, 15) is 9.59 Å². The molecule has 1 fully saturated rings. The van der Waals surface area contributed by atoms with E-state index in [2.05, 4.69) is 5.32 Å². The number of amides is 1.